The van der Waals surface area contributed by atoms with Crippen molar-refractivity contribution < 1.29 is 19.6 Å². The lowest BCUT2D eigenvalue weighted by Gasteiger charge is -2.07. The van der Waals surface area contributed by atoms with Gasteiger partial charge < -0.3 is 10.4 Å². The van der Waals surface area contributed by atoms with E-state index in [0.29, 0.717) is 0 Å². The standard InChI is InChI=1S/C11H10N2O5/c1-2-3-10(14)12-9-6-7(13(17)18)4-5-8(9)11(15)16/h2,4-6H,1,3H2,(H,12,14)(H,15,16). The zero-order chi connectivity index (χ0) is 13.7. The van der Waals surface area contributed by atoms with Crippen molar-refractivity contribution in [2.45, 2.75) is 6.42 Å². The number of carboxylic acid groups (broad SMARTS) is 1. The van der Waals surface area contributed by atoms with Crippen LogP contribution in [0.4, 0.5) is 11.4 Å². The molecule has 0 saturated carbocycles. The van der Waals surface area contributed by atoms with E-state index in [-0.39, 0.29) is 23.4 Å². The number of anilines is 1. The Hall–Kier alpha value is -2.70. The molecule has 0 unspecified atom stereocenters. The average molecular weight is 250 g/mol. The van der Waals surface area contributed by atoms with Crippen LogP contribution in [-0.4, -0.2) is 21.9 Å². The SMILES string of the molecule is C=CCC(=O)Nc1cc([N+](=O)[O-])ccc1C(=O)O. The lowest BCUT2D eigenvalue weighted by atomic mass is 10.1. The van der Waals surface area contributed by atoms with Crippen molar-refractivity contribution in [3.63, 3.8) is 0 Å². The van der Waals surface area contributed by atoms with E-state index in [2.05, 4.69) is 11.9 Å². The monoisotopic (exact) mass is 250 g/mol. The molecular formula is C11H10N2O5. The fourth-order valence-corrected chi connectivity index (χ4v) is 1.27. The van der Waals surface area contributed by atoms with Crippen LogP contribution in [0.2, 0.25) is 0 Å². The Morgan fingerprint density at radius 2 is 2.17 bits per heavy atom. The molecule has 0 bridgehead atoms. The minimum absolute atomic E-state index is 0.0122. The molecule has 0 heterocycles. The number of benzene rings is 1. The summed E-state index contributed by atoms with van der Waals surface area (Å²) >= 11 is 0. The van der Waals surface area contributed by atoms with Crippen LogP contribution in [0.25, 0.3) is 0 Å². The Kier molecular flexibility index (Phi) is 4.14. The predicted octanol–water partition coefficient (Wildman–Crippen LogP) is 1.81. The Morgan fingerprint density at radius 3 is 2.67 bits per heavy atom. The molecule has 0 fully saturated rings. The Morgan fingerprint density at radius 1 is 1.50 bits per heavy atom. The molecule has 1 aromatic rings. The highest BCUT2D eigenvalue weighted by Gasteiger charge is 2.16. The van der Waals surface area contributed by atoms with Crippen LogP contribution in [0.15, 0.2) is 30.9 Å². The van der Waals surface area contributed by atoms with Crippen molar-refractivity contribution in [2.75, 3.05) is 5.32 Å². The molecule has 0 aliphatic heterocycles. The summed E-state index contributed by atoms with van der Waals surface area (Å²) in [5.41, 5.74) is -0.615. The first-order valence-electron chi connectivity index (χ1n) is 4.88. The second-order valence-electron chi connectivity index (χ2n) is 3.33. The van der Waals surface area contributed by atoms with Crippen LogP contribution in [0.3, 0.4) is 0 Å². The summed E-state index contributed by atoms with van der Waals surface area (Å²) in [7, 11) is 0. The van der Waals surface area contributed by atoms with Crippen molar-refractivity contribution >= 4 is 23.3 Å². The van der Waals surface area contributed by atoms with E-state index in [1.54, 1.807) is 0 Å². The molecule has 0 saturated heterocycles. The van der Waals surface area contributed by atoms with Gasteiger partial charge in [0, 0.05) is 18.6 Å². The van der Waals surface area contributed by atoms with Crippen molar-refractivity contribution in [3.8, 4) is 0 Å². The minimum Gasteiger partial charge on any atom is -0.478 e. The summed E-state index contributed by atoms with van der Waals surface area (Å²) in [5, 5.41) is 21.8. The van der Waals surface area contributed by atoms with Gasteiger partial charge in [0.1, 0.15) is 0 Å². The van der Waals surface area contributed by atoms with Crippen LogP contribution >= 0.6 is 0 Å². The maximum absolute atomic E-state index is 11.3. The average Bonchev–Trinajstić information content (AvgIpc) is 2.28. The third-order valence-electron chi connectivity index (χ3n) is 2.05. The van der Waals surface area contributed by atoms with E-state index >= 15 is 0 Å². The molecule has 0 atom stereocenters. The van der Waals surface area contributed by atoms with E-state index < -0.39 is 16.8 Å². The molecule has 2 N–H and O–H groups in total. The quantitative estimate of drug-likeness (QED) is 0.470. The summed E-state index contributed by atoms with van der Waals surface area (Å²) in [6.07, 6.45) is 1.33. The van der Waals surface area contributed by atoms with Gasteiger partial charge in [-0.2, -0.15) is 0 Å². The van der Waals surface area contributed by atoms with Gasteiger partial charge in [-0.05, 0) is 6.07 Å². The zero-order valence-electron chi connectivity index (χ0n) is 9.25. The fourth-order valence-electron chi connectivity index (χ4n) is 1.27. The van der Waals surface area contributed by atoms with Gasteiger partial charge in [0.15, 0.2) is 0 Å². The van der Waals surface area contributed by atoms with E-state index in [4.69, 9.17) is 5.11 Å². The first kappa shape index (κ1) is 13.4. The van der Waals surface area contributed by atoms with Crippen LogP contribution in [0.1, 0.15) is 16.8 Å². The number of non-ortho nitro benzene ring substituents is 1. The Labute approximate surface area is 102 Å². The van der Waals surface area contributed by atoms with Gasteiger partial charge in [-0.1, -0.05) is 6.08 Å². The van der Waals surface area contributed by atoms with Gasteiger partial charge in [0.25, 0.3) is 5.69 Å². The highest BCUT2D eigenvalue weighted by molar-refractivity contribution is 6.01. The summed E-state index contributed by atoms with van der Waals surface area (Å²) < 4.78 is 0. The van der Waals surface area contributed by atoms with E-state index in [1.165, 1.54) is 6.08 Å². The van der Waals surface area contributed by atoms with Gasteiger partial charge in [0.05, 0.1) is 16.2 Å². The lowest BCUT2D eigenvalue weighted by Crippen LogP contribution is -2.13. The first-order chi connectivity index (χ1) is 8.45. The highest BCUT2D eigenvalue weighted by atomic mass is 16.6. The predicted molar refractivity (Wildman–Crippen MR) is 63.5 cm³/mol. The fraction of sp³-hybridized carbons (Fsp3) is 0.0909. The molecule has 0 radical (unpaired) electrons. The second-order valence-corrected chi connectivity index (χ2v) is 3.33. The molecule has 0 aliphatic rings. The number of aromatic carboxylic acids is 1. The van der Waals surface area contributed by atoms with Crippen molar-refractivity contribution in [3.05, 3.63) is 46.5 Å². The number of nitrogens with zero attached hydrogens (tertiary/aromatic N) is 1. The lowest BCUT2D eigenvalue weighted by molar-refractivity contribution is -0.384. The number of carboxylic acids is 1. The van der Waals surface area contributed by atoms with E-state index in [0.717, 1.165) is 18.2 Å². The first-order valence-corrected chi connectivity index (χ1v) is 4.88. The van der Waals surface area contributed by atoms with Gasteiger partial charge in [0.2, 0.25) is 5.91 Å². The van der Waals surface area contributed by atoms with Crippen molar-refractivity contribution in [1.82, 2.24) is 0 Å². The van der Waals surface area contributed by atoms with Crippen LogP contribution in [-0.2, 0) is 4.79 Å². The molecule has 94 valence electrons. The van der Waals surface area contributed by atoms with Crippen molar-refractivity contribution in [2.24, 2.45) is 0 Å². The van der Waals surface area contributed by atoms with Gasteiger partial charge >= 0.3 is 5.97 Å². The van der Waals surface area contributed by atoms with Gasteiger partial charge in [-0.25, -0.2) is 4.79 Å². The molecule has 0 aliphatic carbocycles. The molecular weight excluding hydrogens is 240 g/mol. The number of carbonyl (C=O) groups excluding carboxylic acids is 1. The summed E-state index contributed by atoms with van der Waals surface area (Å²) in [6, 6.07) is 3.14. The third kappa shape index (κ3) is 3.14. The maximum Gasteiger partial charge on any atom is 0.337 e. The van der Waals surface area contributed by atoms with Gasteiger partial charge in [-0.15, -0.1) is 6.58 Å². The molecule has 1 rings (SSSR count). The van der Waals surface area contributed by atoms with Crippen molar-refractivity contribution in [1.29, 1.82) is 0 Å². The number of hydrogen-bond donors (Lipinski definition) is 2. The molecule has 0 spiro atoms. The summed E-state index contributed by atoms with van der Waals surface area (Å²) in [4.78, 5) is 32.1. The second kappa shape index (κ2) is 5.58. The molecule has 7 nitrogen and oxygen atoms in total. The third-order valence-corrected chi connectivity index (χ3v) is 2.05. The Balaban J connectivity index is 3.15. The number of nitro groups is 1. The number of amides is 1. The minimum atomic E-state index is -1.28. The molecule has 18 heavy (non-hydrogen) atoms. The summed E-state index contributed by atoms with van der Waals surface area (Å²) in [6.45, 7) is 3.36. The Bertz CT molecular complexity index is 524. The molecule has 1 amide bonds. The van der Waals surface area contributed by atoms with Crippen LogP contribution in [0.5, 0.6) is 0 Å². The number of hydrogen-bond acceptors (Lipinski definition) is 4. The van der Waals surface area contributed by atoms with E-state index in [9.17, 15) is 19.7 Å². The molecule has 1 aromatic carbocycles. The largest absolute Gasteiger partial charge is 0.478 e. The number of rotatable bonds is 5. The molecule has 7 heteroatoms. The van der Waals surface area contributed by atoms with Gasteiger partial charge in [-0.3, -0.25) is 14.9 Å². The zero-order valence-corrected chi connectivity index (χ0v) is 9.25. The maximum atomic E-state index is 11.3. The van der Waals surface area contributed by atoms with E-state index in [1.807, 2.05) is 0 Å². The highest BCUT2D eigenvalue weighted by Crippen LogP contribution is 2.22. The number of nitro benzene ring substituents is 1. The topological polar surface area (TPSA) is 110 Å². The molecule has 0 aromatic heterocycles. The smallest absolute Gasteiger partial charge is 0.337 e. The van der Waals surface area contributed by atoms with Crippen LogP contribution < -0.4 is 5.32 Å². The van der Waals surface area contributed by atoms with Crippen LogP contribution in [0, 0.1) is 10.1 Å². The number of nitrogens with one attached hydrogen (secondary N) is 1. The summed E-state index contributed by atoms with van der Waals surface area (Å²) in [5.74, 6) is -1.77. The number of carbonyl (C=O) groups is 2. The normalized spacial score (nSPS) is 9.56.